The van der Waals surface area contributed by atoms with Gasteiger partial charge in [0.1, 0.15) is 24.7 Å². The van der Waals surface area contributed by atoms with Gasteiger partial charge >= 0.3 is 12.2 Å². The highest BCUT2D eigenvalue weighted by Gasteiger charge is 2.21. The fourth-order valence-electron chi connectivity index (χ4n) is 5.24. The number of rotatable bonds is 14. The van der Waals surface area contributed by atoms with Gasteiger partial charge in [0.25, 0.3) is 0 Å². The fourth-order valence-corrected chi connectivity index (χ4v) is 7.52. The summed E-state index contributed by atoms with van der Waals surface area (Å²) in [4.78, 5) is 71.8. The molecule has 4 amide bonds. The third kappa shape index (κ3) is 9.18. The number of nitrogens with zero attached hydrogens (tertiary/aromatic N) is 4. The molecule has 0 atom stereocenters. The first-order valence-corrected chi connectivity index (χ1v) is 17.8. The van der Waals surface area contributed by atoms with Crippen molar-refractivity contribution in [1.29, 1.82) is 0 Å². The van der Waals surface area contributed by atoms with Crippen molar-refractivity contribution in [2.75, 3.05) is 40.4 Å². The normalized spacial score (nSPS) is 11.6. The molecule has 264 valence electrons. The molecule has 2 aromatic carbocycles. The van der Waals surface area contributed by atoms with Gasteiger partial charge in [0.05, 0.1) is 51.1 Å². The number of hydrogen-bond donors (Lipinski definition) is 4. The molecule has 0 spiro atoms. The number of ether oxygens (including phenoxy) is 2. The number of hydrogen-bond acceptors (Lipinski definition) is 10. The second-order valence-corrected chi connectivity index (χ2v) is 13.5. The van der Waals surface area contributed by atoms with Crippen LogP contribution >= 0.6 is 23.5 Å². The van der Waals surface area contributed by atoms with Crippen LogP contribution in [0.1, 0.15) is 38.3 Å². The Balaban J connectivity index is 1.23. The Bertz CT molecular complexity index is 1710. The van der Waals surface area contributed by atoms with Crippen LogP contribution in [0.3, 0.4) is 0 Å². The third-order valence-corrected chi connectivity index (χ3v) is 10.2. The van der Waals surface area contributed by atoms with Crippen molar-refractivity contribution in [3.05, 3.63) is 60.4 Å². The number of benzene rings is 2. The summed E-state index contributed by atoms with van der Waals surface area (Å²) >= 11 is 3.40. The first-order valence-electron chi connectivity index (χ1n) is 16.1. The van der Waals surface area contributed by atoms with Crippen molar-refractivity contribution in [3.8, 4) is 22.5 Å². The van der Waals surface area contributed by atoms with Crippen molar-refractivity contribution in [2.45, 2.75) is 59.4 Å². The molecule has 0 saturated carbocycles. The van der Waals surface area contributed by atoms with Gasteiger partial charge in [-0.25, -0.2) is 19.6 Å². The number of imidazole rings is 2. The Morgan fingerprint density at radius 3 is 1.48 bits per heavy atom. The zero-order valence-electron chi connectivity index (χ0n) is 28.3. The van der Waals surface area contributed by atoms with E-state index in [4.69, 9.17) is 0 Å². The van der Waals surface area contributed by atoms with Gasteiger partial charge in [-0.2, -0.15) is 0 Å². The summed E-state index contributed by atoms with van der Waals surface area (Å²) in [5.74, 6) is 0.868. The molecule has 3 heterocycles. The Hall–Kier alpha value is -4.96. The molecule has 50 heavy (non-hydrogen) atoms. The lowest BCUT2D eigenvalue weighted by Crippen LogP contribution is -2.40. The molecule has 1 aliphatic rings. The SMILES string of the molecule is CCCN(Cc1ncc(-c2ccc3c(c2)Sc2ccc(-c4cnc(CN(CCC)C(=O)CNC(=O)OC)[nH]4)cc2S3)[nH]1)C(=O)CNC(=O)OC. The second kappa shape index (κ2) is 17.1. The lowest BCUT2D eigenvalue weighted by molar-refractivity contribution is -0.131. The molecule has 5 rings (SSSR count). The average molecular weight is 721 g/mol. The molecule has 4 aromatic rings. The standard InChI is InChI=1S/C34H40N8O6S2/c1-5-11-41(31(43)17-37-33(45)47-3)19-29-35-15-23(39-29)21-7-9-25-27(13-21)49-26-10-8-22(14-28(26)50-25)24-16-36-30(40-24)20-42(12-6-2)32(44)18-38-34(46)48-4/h7-10,13-16H,5-6,11-12,17-20H2,1-4H3,(H,35,39)(H,36,40)(H,37,45)(H,38,46). The molecule has 16 heteroatoms. The molecular weight excluding hydrogens is 681 g/mol. The number of aromatic nitrogens is 4. The zero-order chi connectivity index (χ0) is 35.6. The number of carbonyl (C=O) groups excluding carboxylic acids is 4. The van der Waals surface area contributed by atoms with Crippen molar-refractivity contribution in [1.82, 2.24) is 40.4 Å². The number of alkyl carbamates (subject to hydrolysis) is 2. The van der Waals surface area contributed by atoms with Gasteiger partial charge in [-0.1, -0.05) is 49.5 Å². The number of carbonyl (C=O) groups is 4. The van der Waals surface area contributed by atoms with E-state index in [1.165, 1.54) is 14.2 Å². The largest absolute Gasteiger partial charge is 0.453 e. The lowest BCUT2D eigenvalue weighted by Gasteiger charge is -2.21. The number of H-pyrrole nitrogens is 2. The van der Waals surface area contributed by atoms with E-state index in [0.29, 0.717) is 37.8 Å². The molecule has 2 aromatic heterocycles. The monoisotopic (exact) mass is 720 g/mol. The predicted molar refractivity (Wildman–Crippen MR) is 189 cm³/mol. The number of aromatic amines is 2. The highest BCUT2D eigenvalue weighted by molar-refractivity contribution is 8.05. The van der Waals surface area contributed by atoms with Crippen LogP contribution in [0.15, 0.2) is 68.4 Å². The quantitative estimate of drug-likeness (QED) is 0.118. The van der Waals surface area contributed by atoms with E-state index in [9.17, 15) is 19.2 Å². The van der Waals surface area contributed by atoms with Crippen molar-refractivity contribution in [2.24, 2.45) is 0 Å². The van der Waals surface area contributed by atoms with Crippen LogP contribution in [-0.4, -0.2) is 94.1 Å². The first kappa shape index (κ1) is 36.3. The Morgan fingerprint density at radius 1 is 0.680 bits per heavy atom. The van der Waals surface area contributed by atoms with Crippen LogP contribution in [0, 0.1) is 0 Å². The van der Waals surface area contributed by atoms with E-state index in [-0.39, 0.29) is 24.9 Å². The minimum atomic E-state index is -0.650. The van der Waals surface area contributed by atoms with Gasteiger partial charge in [0.15, 0.2) is 0 Å². The van der Waals surface area contributed by atoms with Crippen molar-refractivity contribution in [3.63, 3.8) is 0 Å². The maximum Gasteiger partial charge on any atom is 0.407 e. The summed E-state index contributed by atoms with van der Waals surface area (Å²) in [6.45, 7) is 5.33. The summed E-state index contributed by atoms with van der Waals surface area (Å²) < 4.78 is 9.13. The molecule has 0 aliphatic carbocycles. The van der Waals surface area contributed by atoms with Crippen LogP contribution in [0.5, 0.6) is 0 Å². The smallest absolute Gasteiger partial charge is 0.407 e. The van der Waals surface area contributed by atoms with Crippen LogP contribution in [-0.2, 0) is 32.2 Å². The van der Waals surface area contributed by atoms with Gasteiger partial charge < -0.3 is 39.9 Å². The van der Waals surface area contributed by atoms with Gasteiger partial charge in [0.2, 0.25) is 11.8 Å². The van der Waals surface area contributed by atoms with Crippen molar-refractivity contribution < 1.29 is 28.7 Å². The Morgan fingerprint density at radius 2 is 1.10 bits per heavy atom. The van der Waals surface area contributed by atoms with Crippen LogP contribution in [0.25, 0.3) is 22.5 Å². The summed E-state index contributed by atoms with van der Waals surface area (Å²) in [5.41, 5.74) is 3.66. The van der Waals surface area contributed by atoms with E-state index >= 15 is 0 Å². The first-order chi connectivity index (χ1) is 24.2. The average Bonchev–Trinajstić information content (AvgIpc) is 3.81. The van der Waals surface area contributed by atoms with E-state index in [2.05, 4.69) is 76.4 Å². The van der Waals surface area contributed by atoms with Crippen LogP contribution in [0.4, 0.5) is 9.59 Å². The maximum atomic E-state index is 12.7. The molecule has 0 unspecified atom stereocenters. The molecule has 0 radical (unpaired) electrons. The third-order valence-electron chi connectivity index (χ3n) is 7.72. The minimum absolute atomic E-state index is 0.148. The second-order valence-electron chi connectivity index (χ2n) is 11.3. The predicted octanol–water partition coefficient (Wildman–Crippen LogP) is 5.27. The molecular formula is C34H40N8O6S2. The van der Waals surface area contributed by atoms with Crippen molar-refractivity contribution >= 4 is 47.5 Å². The number of nitrogens with one attached hydrogen (secondary N) is 4. The van der Waals surface area contributed by atoms with E-state index < -0.39 is 12.2 Å². The maximum absolute atomic E-state index is 12.7. The Kier molecular flexibility index (Phi) is 12.4. The molecule has 4 N–H and O–H groups in total. The number of methoxy groups -OCH3 is 2. The summed E-state index contributed by atoms with van der Waals surface area (Å²) in [7, 11) is 2.51. The molecule has 0 saturated heterocycles. The molecule has 0 fully saturated rings. The van der Waals surface area contributed by atoms with Gasteiger partial charge in [-0.15, -0.1) is 0 Å². The Labute approximate surface area is 298 Å². The molecule has 14 nitrogen and oxygen atoms in total. The summed E-state index contributed by atoms with van der Waals surface area (Å²) in [6.07, 6.45) is 3.78. The van der Waals surface area contributed by atoms with Gasteiger partial charge in [-0.3, -0.25) is 9.59 Å². The number of fused-ring (bicyclic) bond motifs is 2. The lowest BCUT2D eigenvalue weighted by atomic mass is 10.2. The van der Waals surface area contributed by atoms with Gasteiger partial charge in [0, 0.05) is 43.8 Å². The fraction of sp³-hybridized carbons (Fsp3) is 0.353. The van der Waals surface area contributed by atoms with E-state index in [1.54, 1.807) is 45.7 Å². The topological polar surface area (TPSA) is 175 Å². The van der Waals surface area contributed by atoms with Crippen LogP contribution < -0.4 is 10.6 Å². The molecule has 0 bridgehead atoms. The summed E-state index contributed by atoms with van der Waals surface area (Å²) in [6, 6.07) is 12.6. The van der Waals surface area contributed by atoms with Crippen LogP contribution in [0.2, 0.25) is 0 Å². The summed E-state index contributed by atoms with van der Waals surface area (Å²) in [5, 5.41) is 4.88. The van der Waals surface area contributed by atoms with Gasteiger partial charge in [-0.05, 0) is 37.1 Å². The number of amides is 4. The zero-order valence-corrected chi connectivity index (χ0v) is 30.0. The van der Waals surface area contributed by atoms with E-state index in [0.717, 1.165) is 54.9 Å². The minimum Gasteiger partial charge on any atom is -0.453 e. The van der Waals surface area contributed by atoms with E-state index in [1.807, 2.05) is 13.8 Å². The highest BCUT2D eigenvalue weighted by Crippen LogP contribution is 2.50. The molecule has 1 aliphatic heterocycles. The highest BCUT2D eigenvalue weighted by atomic mass is 32.2.